The van der Waals surface area contributed by atoms with Gasteiger partial charge in [-0.05, 0) is 36.9 Å². The standard InChI is InChI=1S/C12H17NO2/c1-14-10-4-3-5-11(15-2)12(10)9-6-8(9)7-13/h3-5,8-9H,6-7,13H2,1-2H3. The summed E-state index contributed by atoms with van der Waals surface area (Å²) in [6.45, 7) is 0.742. The van der Waals surface area contributed by atoms with Gasteiger partial charge in [-0.2, -0.15) is 0 Å². The maximum atomic E-state index is 5.66. The Bertz CT molecular complexity index is 329. The molecule has 2 rings (SSSR count). The fraction of sp³-hybridized carbons (Fsp3) is 0.500. The van der Waals surface area contributed by atoms with Gasteiger partial charge >= 0.3 is 0 Å². The Morgan fingerprint density at radius 3 is 2.27 bits per heavy atom. The van der Waals surface area contributed by atoms with Crippen molar-refractivity contribution >= 4 is 0 Å². The fourth-order valence-corrected chi connectivity index (χ4v) is 2.11. The van der Waals surface area contributed by atoms with Gasteiger partial charge in [-0.25, -0.2) is 0 Å². The minimum atomic E-state index is 0.515. The Labute approximate surface area is 90.2 Å². The Kier molecular flexibility index (Phi) is 2.82. The van der Waals surface area contributed by atoms with Crippen molar-refractivity contribution in [1.82, 2.24) is 0 Å². The van der Waals surface area contributed by atoms with Crippen LogP contribution < -0.4 is 15.2 Å². The van der Waals surface area contributed by atoms with Crippen molar-refractivity contribution in [3.63, 3.8) is 0 Å². The molecule has 1 aliphatic rings. The molecule has 82 valence electrons. The predicted octanol–water partition coefficient (Wildman–Crippen LogP) is 1.77. The molecule has 1 fully saturated rings. The lowest BCUT2D eigenvalue weighted by Gasteiger charge is -2.12. The highest BCUT2D eigenvalue weighted by Crippen LogP contribution is 2.52. The number of ether oxygens (including phenoxy) is 2. The van der Waals surface area contributed by atoms with Crippen molar-refractivity contribution in [2.24, 2.45) is 11.7 Å². The maximum Gasteiger partial charge on any atom is 0.126 e. The molecular formula is C12H17NO2. The molecule has 0 aromatic heterocycles. The van der Waals surface area contributed by atoms with E-state index >= 15 is 0 Å². The molecule has 2 unspecified atom stereocenters. The Balaban J connectivity index is 2.34. The summed E-state index contributed by atoms with van der Waals surface area (Å²) in [7, 11) is 3.39. The molecule has 0 aliphatic heterocycles. The van der Waals surface area contributed by atoms with Gasteiger partial charge in [0.25, 0.3) is 0 Å². The molecule has 2 N–H and O–H groups in total. The van der Waals surface area contributed by atoms with E-state index in [1.165, 1.54) is 5.56 Å². The van der Waals surface area contributed by atoms with E-state index in [0.717, 1.165) is 24.5 Å². The average Bonchev–Trinajstić information content (AvgIpc) is 3.06. The van der Waals surface area contributed by atoms with Gasteiger partial charge in [-0.3, -0.25) is 0 Å². The van der Waals surface area contributed by atoms with E-state index in [1.807, 2.05) is 18.2 Å². The molecule has 0 saturated heterocycles. The van der Waals surface area contributed by atoms with Crippen molar-refractivity contribution in [2.75, 3.05) is 20.8 Å². The van der Waals surface area contributed by atoms with E-state index in [9.17, 15) is 0 Å². The molecule has 2 atom stereocenters. The minimum Gasteiger partial charge on any atom is -0.496 e. The number of methoxy groups -OCH3 is 2. The van der Waals surface area contributed by atoms with Crippen LogP contribution in [0, 0.1) is 5.92 Å². The zero-order valence-corrected chi connectivity index (χ0v) is 9.19. The van der Waals surface area contributed by atoms with E-state index in [2.05, 4.69) is 0 Å². The molecule has 15 heavy (non-hydrogen) atoms. The first-order valence-electron chi connectivity index (χ1n) is 5.22. The number of hydrogen-bond donors (Lipinski definition) is 1. The second-order valence-electron chi connectivity index (χ2n) is 3.91. The fourth-order valence-electron chi connectivity index (χ4n) is 2.11. The van der Waals surface area contributed by atoms with E-state index in [-0.39, 0.29) is 0 Å². The Morgan fingerprint density at radius 2 is 1.87 bits per heavy atom. The molecule has 0 heterocycles. The van der Waals surface area contributed by atoms with Gasteiger partial charge in [0.2, 0.25) is 0 Å². The van der Waals surface area contributed by atoms with Crippen molar-refractivity contribution in [3.05, 3.63) is 23.8 Å². The zero-order valence-electron chi connectivity index (χ0n) is 9.19. The van der Waals surface area contributed by atoms with Crippen LogP contribution in [0.5, 0.6) is 11.5 Å². The van der Waals surface area contributed by atoms with E-state index in [4.69, 9.17) is 15.2 Å². The average molecular weight is 207 g/mol. The van der Waals surface area contributed by atoms with Gasteiger partial charge < -0.3 is 15.2 Å². The highest BCUT2D eigenvalue weighted by molar-refractivity contribution is 5.49. The van der Waals surface area contributed by atoms with Crippen LogP contribution in [0.2, 0.25) is 0 Å². The summed E-state index contributed by atoms with van der Waals surface area (Å²) < 4.78 is 10.7. The van der Waals surface area contributed by atoms with E-state index < -0.39 is 0 Å². The molecule has 1 aromatic rings. The smallest absolute Gasteiger partial charge is 0.126 e. The SMILES string of the molecule is COc1cccc(OC)c1C1CC1CN. The summed E-state index contributed by atoms with van der Waals surface area (Å²) in [5.74, 6) is 2.93. The van der Waals surface area contributed by atoms with Crippen LogP contribution in [0.4, 0.5) is 0 Å². The summed E-state index contributed by atoms with van der Waals surface area (Å²) in [5, 5.41) is 0. The highest BCUT2D eigenvalue weighted by atomic mass is 16.5. The van der Waals surface area contributed by atoms with Crippen LogP contribution in [0.3, 0.4) is 0 Å². The lowest BCUT2D eigenvalue weighted by molar-refractivity contribution is 0.384. The van der Waals surface area contributed by atoms with Gasteiger partial charge in [-0.15, -0.1) is 0 Å². The Morgan fingerprint density at radius 1 is 1.27 bits per heavy atom. The van der Waals surface area contributed by atoms with E-state index in [0.29, 0.717) is 11.8 Å². The molecule has 1 aliphatic carbocycles. The van der Waals surface area contributed by atoms with Crippen LogP contribution >= 0.6 is 0 Å². The summed E-state index contributed by atoms with van der Waals surface area (Å²) >= 11 is 0. The van der Waals surface area contributed by atoms with Crippen molar-refractivity contribution in [2.45, 2.75) is 12.3 Å². The van der Waals surface area contributed by atoms with Crippen LogP contribution in [-0.4, -0.2) is 20.8 Å². The first-order valence-corrected chi connectivity index (χ1v) is 5.22. The predicted molar refractivity (Wildman–Crippen MR) is 59.4 cm³/mol. The molecule has 3 nitrogen and oxygen atoms in total. The number of rotatable bonds is 4. The van der Waals surface area contributed by atoms with Crippen LogP contribution in [0.25, 0.3) is 0 Å². The monoisotopic (exact) mass is 207 g/mol. The second kappa shape index (κ2) is 4.11. The van der Waals surface area contributed by atoms with Gasteiger partial charge in [0, 0.05) is 5.56 Å². The third-order valence-corrected chi connectivity index (χ3v) is 3.06. The number of hydrogen-bond acceptors (Lipinski definition) is 3. The van der Waals surface area contributed by atoms with Gasteiger partial charge in [0.15, 0.2) is 0 Å². The normalized spacial score (nSPS) is 23.7. The van der Waals surface area contributed by atoms with Gasteiger partial charge in [-0.1, -0.05) is 6.07 Å². The molecule has 1 aromatic carbocycles. The molecule has 3 heteroatoms. The summed E-state index contributed by atoms with van der Waals surface area (Å²) in [6, 6.07) is 5.90. The third kappa shape index (κ3) is 1.79. The van der Waals surface area contributed by atoms with Crippen molar-refractivity contribution in [1.29, 1.82) is 0 Å². The first kappa shape index (κ1) is 10.3. The van der Waals surface area contributed by atoms with Gasteiger partial charge in [0.1, 0.15) is 11.5 Å². The zero-order chi connectivity index (χ0) is 10.8. The van der Waals surface area contributed by atoms with Crippen LogP contribution in [0.15, 0.2) is 18.2 Å². The molecule has 0 bridgehead atoms. The Hall–Kier alpha value is -1.22. The molecular weight excluding hydrogens is 190 g/mol. The van der Waals surface area contributed by atoms with E-state index in [1.54, 1.807) is 14.2 Å². The quantitative estimate of drug-likeness (QED) is 0.818. The number of benzene rings is 1. The number of nitrogens with two attached hydrogens (primary N) is 1. The summed E-state index contributed by atoms with van der Waals surface area (Å²) in [5.41, 5.74) is 6.84. The van der Waals surface area contributed by atoms with Crippen molar-refractivity contribution < 1.29 is 9.47 Å². The second-order valence-corrected chi connectivity index (χ2v) is 3.91. The van der Waals surface area contributed by atoms with Crippen molar-refractivity contribution in [3.8, 4) is 11.5 Å². The highest BCUT2D eigenvalue weighted by Gasteiger charge is 2.40. The van der Waals surface area contributed by atoms with Crippen LogP contribution in [0.1, 0.15) is 17.9 Å². The maximum absolute atomic E-state index is 5.66. The first-order chi connectivity index (χ1) is 7.31. The molecule has 0 spiro atoms. The molecule has 0 radical (unpaired) electrons. The topological polar surface area (TPSA) is 44.5 Å². The lowest BCUT2D eigenvalue weighted by Crippen LogP contribution is -2.03. The summed E-state index contributed by atoms with van der Waals surface area (Å²) in [6.07, 6.45) is 1.15. The lowest BCUT2D eigenvalue weighted by atomic mass is 10.1. The summed E-state index contributed by atoms with van der Waals surface area (Å²) in [4.78, 5) is 0. The largest absolute Gasteiger partial charge is 0.496 e. The molecule has 0 amide bonds. The van der Waals surface area contributed by atoms with Gasteiger partial charge in [0.05, 0.1) is 14.2 Å². The minimum absolute atomic E-state index is 0.515. The third-order valence-electron chi connectivity index (χ3n) is 3.06. The van der Waals surface area contributed by atoms with Crippen LogP contribution in [-0.2, 0) is 0 Å². The molecule has 1 saturated carbocycles.